The number of carboxylic acid groups (broad SMARTS) is 1. The average molecular weight is 381 g/mol. The molecule has 0 atom stereocenters. The summed E-state index contributed by atoms with van der Waals surface area (Å²) in [6.45, 7) is 5.33. The molecule has 0 bridgehead atoms. The molecule has 0 fully saturated rings. The molecule has 146 valence electrons. The van der Waals surface area contributed by atoms with Crippen molar-refractivity contribution in [2.24, 2.45) is 5.41 Å². The Morgan fingerprint density at radius 1 is 1.18 bits per heavy atom. The SMILES string of the molecule is Cc1ccc(-c2nn(-c3ccccc3)cc2C(=O)NCCC(C)(C)C(=O)O)o1. The number of benzene rings is 1. The highest BCUT2D eigenvalue weighted by Gasteiger charge is 2.27. The first-order chi connectivity index (χ1) is 13.3. The second-order valence-electron chi connectivity index (χ2n) is 7.28. The van der Waals surface area contributed by atoms with Gasteiger partial charge in [-0.05, 0) is 51.5 Å². The molecule has 0 aliphatic heterocycles. The first-order valence-electron chi connectivity index (χ1n) is 9.01. The fourth-order valence-corrected chi connectivity index (χ4v) is 2.69. The molecule has 3 aromatic rings. The molecule has 0 aliphatic rings. The zero-order valence-corrected chi connectivity index (χ0v) is 16.1. The van der Waals surface area contributed by atoms with Crippen LogP contribution in [0.3, 0.4) is 0 Å². The van der Waals surface area contributed by atoms with Gasteiger partial charge in [-0.3, -0.25) is 9.59 Å². The van der Waals surface area contributed by atoms with Crippen molar-refractivity contribution in [2.45, 2.75) is 27.2 Å². The van der Waals surface area contributed by atoms with Crippen molar-refractivity contribution in [1.29, 1.82) is 0 Å². The number of para-hydroxylation sites is 1. The summed E-state index contributed by atoms with van der Waals surface area (Å²) < 4.78 is 7.29. The lowest BCUT2D eigenvalue weighted by Gasteiger charge is -2.18. The van der Waals surface area contributed by atoms with E-state index in [0.29, 0.717) is 23.4 Å². The third-order valence-corrected chi connectivity index (χ3v) is 4.57. The summed E-state index contributed by atoms with van der Waals surface area (Å²) in [4.78, 5) is 24.0. The normalized spacial score (nSPS) is 11.4. The van der Waals surface area contributed by atoms with Crippen LogP contribution in [-0.2, 0) is 4.79 Å². The summed E-state index contributed by atoms with van der Waals surface area (Å²) in [5.41, 5.74) is 0.707. The summed E-state index contributed by atoms with van der Waals surface area (Å²) in [6, 6.07) is 13.1. The molecule has 7 nitrogen and oxygen atoms in total. The number of aromatic nitrogens is 2. The molecule has 7 heteroatoms. The van der Waals surface area contributed by atoms with E-state index in [0.717, 1.165) is 11.4 Å². The van der Waals surface area contributed by atoms with Gasteiger partial charge in [0.05, 0.1) is 16.7 Å². The summed E-state index contributed by atoms with van der Waals surface area (Å²) in [7, 11) is 0. The molecule has 0 saturated carbocycles. The highest BCUT2D eigenvalue weighted by atomic mass is 16.4. The Morgan fingerprint density at radius 2 is 1.89 bits per heavy atom. The number of furan rings is 1. The molecule has 1 amide bonds. The van der Waals surface area contributed by atoms with Gasteiger partial charge in [0.2, 0.25) is 0 Å². The molecule has 0 radical (unpaired) electrons. The van der Waals surface area contributed by atoms with Crippen LogP contribution >= 0.6 is 0 Å². The Kier molecular flexibility index (Phi) is 5.35. The van der Waals surface area contributed by atoms with Gasteiger partial charge in [-0.15, -0.1) is 0 Å². The first-order valence-corrected chi connectivity index (χ1v) is 9.01. The third kappa shape index (κ3) is 4.14. The van der Waals surface area contributed by atoms with Crippen LogP contribution in [0.1, 0.15) is 36.4 Å². The topological polar surface area (TPSA) is 97.4 Å². The van der Waals surface area contributed by atoms with E-state index in [4.69, 9.17) is 4.42 Å². The molecular weight excluding hydrogens is 358 g/mol. The number of rotatable bonds is 7. The van der Waals surface area contributed by atoms with Crippen LogP contribution in [0, 0.1) is 12.3 Å². The van der Waals surface area contributed by atoms with Gasteiger partial charge >= 0.3 is 5.97 Å². The Balaban J connectivity index is 1.87. The molecule has 2 heterocycles. The van der Waals surface area contributed by atoms with Crippen molar-refractivity contribution in [3.8, 4) is 17.1 Å². The lowest BCUT2D eigenvalue weighted by Crippen LogP contribution is -2.32. The zero-order chi connectivity index (χ0) is 20.3. The molecule has 2 aromatic heterocycles. The highest BCUT2D eigenvalue weighted by Crippen LogP contribution is 2.26. The van der Waals surface area contributed by atoms with Crippen LogP contribution in [0.2, 0.25) is 0 Å². The number of nitrogens with one attached hydrogen (secondary N) is 1. The number of aliphatic carboxylic acids is 1. The van der Waals surface area contributed by atoms with E-state index in [1.807, 2.05) is 43.3 Å². The van der Waals surface area contributed by atoms with E-state index in [9.17, 15) is 14.7 Å². The number of carboxylic acids is 1. The largest absolute Gasteiger partial charge is 0.481 e. The van der Waals surface area contributed by atoms with Crippen molar-refractivity contribution in [3.63, 3.8) is 0 Å². The van der Waals surface area contributed by atoms with E-state index >= 15 is 0 Å². The molecule has 28 heavy (non-hydrogen) atoms. The summed E-state index contributed by atoms with van der Waals surface area (Å²) in [5, 5.41) is 16.5. The quantitative estimate of drug-likeness (QED) is 0.651. The Labute approximate surface area is 163 Å². The first kappa shape index (κ1) is 19.4. The van der Waals surface area contributed by atoms with Crippen LogP contribution in [0.15, 0.2) is 53.1 Å². The predicted molar refractivity (Wildman–Crippen MR) is 104 cm³/mol. The molecule has 0 aliphatic carbocycles. The highest BCUT2D eigenvalue weighted by molar-refractivity contribution is 5.99. The predicted octanol–water partition coefficient (Wildman–Crippen LogP) is 3.67. The van der Waals surface area contributed by atoms with Gasteiger partial charge in [-0.25, -0.2) is 4.68 Å². The van der Waals surface area contributed by atoms with Crippen LogP contribution in [0.4, 0.5) is 0 Å². The monoisotopic (exact) mass is 381 g/mol. The van der Waals surface area contributed by atoms with E-state index in [2.05, 4.69) is 10.4 Å². The van der Waals surface area contributed by atoms with Crippen LogP contribution < -0.4 is 5.32 Å². The standard InChI is InChI=1S/C21H23N3O4/c1-14-9-10-17(28-14)18-16(13-24(23-18)15-7-5-4-6-8-15)19(25)22-12-11-21(2,3)20(26)27/h4-10,13H,11-12H2,1-3H3,(H,22,25)(H,26,27). The molecular formula is C21H23N3O4. The number of carbonyl (C=O) groups is 2. The van der Waals surface area contributed by atoms with Crippen molar-refractivity contribution >= 4 is 11.9 Å². The van der Waals surface area contributed by atoms with E-state index in [1.54, 1.807) is 30.8 Å². The smallest absolute Gasteiger partial charge is 0.309 e. The fraction of sp³-hybridized carbons (Fsp3) is 0.286. The van der Waals surface area contributed by atoms with Crippen molar-refractivity contribution in [1.82, 2.24) is 15.1 Å². The van der Waals surface area contributed by atoms with Crippen molar-refractivity contribution in [2.75, 3.05) is 6.54 Å². The van der Waals surface area contributed by atoms with Gasteiger partial charge in [0.15, 0.2) is 5.76 Å². The van der Waals surface area contributed by atoms with Crippen LogP contribution in [0.5, 0.6) is 0 Å². The minimum atomic E-state index is -0.914. The molecule has 0 unspecified atom stereocenters. The summed E-state index contributed by atoms with van der Waals surface area (Å²) in [6.07, 6.45) is 1.97. The van der Waals surface area contributed by atoms with Gasteiger partial charge < -0.3 is 14.8 Å². The van der Waals surface area contributed by atoms with Gasteiger partial charge in [0.25, 0.3) is 5.91 Å². The van der Waals surface area contributed by atoms with Gasteiger partial charge in [-0.2, -0.15) is 5.10 Å². The van der Waals surface area contributed by atoms with Crippen molar-refractivity contribution < 1.29 is 19.1 Å². The maximum atomic E-state index is 12.8. The van der Waals surface area contributed by atoms with Gasteiger partial charge in [0.1, 0.15) is 11.5 Å². The van der Waals surface area contributed by atoms with E-state index < -0.39 is 11.4 Å². The van der Waals surface area contributed by atoms with E-state index in [1.165, 1.54) is 0 Å². The second-order valence-corrected chi connectivity index (χ2v) is 7.28. The second kappa shape index (κ2) is 7.72. The molecule has 1 aromatic carbocycles. The van der Waals surface area contributed by atoms with Gasteiger partial charge in [-0.1, -0.05) is 18.2 Å². The maximum Gasteiger partial charge on any atom is 0.309 e. The zero-order valence-electron chi connectivity index (χ0n) is 16.1. The molecule has 0 saturated heterocycles. The third-order valence-electron chi connectivity index (χ3n) is 4.57. The maximum absolute atomic E-state index is 12.8. The lowest BCUT2D eigenvalue weighted by atomic mass is 9.90. The average Bonchev–Trinajstić information content (AvgIpc) is 3.28. The Morgan fingerprint density at radius 3 is 2.50 bits per heavy atom. The Hall–Kier alpha value is -3.35. The summed E-state index contributed by atoms with van der Waals surface area (Å²) in [5.74, 6) is -0.000145. The number of nitrogens with zero attached hydrogens (tertiary/aromatic N) is 2. The number of carbonyl (C=O) groups excluding carboxylic acids is 1. The summed E-state index contributed by atoms with van der Waals surface area (Å²) >= 11 is 0. The number of hydrogen-bond donors (Lipinski definition) is 2. The fourth-order valence-electron chi connectivity index (χ4n) is 2.69. The molecule has 0 spiro atoms. The van der Waals surface area contributed by atoms with Gasteiger partial charge in [0, 0.05) is 12.7 Å². The van der Waals surface area contributed by atoms with Crippen LogP contribution in [0.25, 0.3) is 17.1 Å². The van der Waals surface area contributed by atoms with Crippen LogP contribution in [-0.4, -0.2) is 33.3 Å². The molecule has 2 N–H and O–H groups in total. The Bertz CT molecular complexity index is 986. The lowest BCUT2D eigenvalue weighted by molar-refractivity contribution is -0.147. The number of hydrogen-bond acceptors (Lipinski definition) is 4. The minimum Gasteiger partial charge on any atom is -0.481 e. The van der Waals surface area contributed by atoms with Crippen molar-refractivity contribution in [3.05, 3.63) is 60.0 Å². The number of amides is 1. The number of aryl methyl sites for hydroxylation is 1. The molecule has 3 rings (SSSR count). The van der Waals surface area contributed by atoms with E-state index in [-0.39, 0.29) is 12.5 Å². The minimum absolute atomic E-state index is 0.241.